The van der Waals surface area contributed by atoms with Gasteiger partial charge in [0.25, 0.3) is 0 Å². The summed E-state index contributed by atoms with van der Waals surface area (Å²) in [5.41, 5.74) is 3.59. The molecule has 4 nitrogen and oxygen atoms in total. The van der Waals surface area contributed by atoms with Crippen LogP contribution in [0.5, 0.6) is 0 Å². The fraction of sp³-hybridized carbons (Fsp3) is 0.333. The van der Waals surface area contributed by atoms with Gasteiger partial charge in [0, 0.05) is 0 Å². The summed E-state index contributed by atoms with van der Waals surface area (Å²) in [6, 6.07) is 5.98. The third-order valence-electron chi connectivity index (χ3n) is 3.20. The number of aryl methyl sites for hydroxylation is 2. The average Bonchev–Trinajstić information content (AvgIpc) is 2.70. The van der Waals surface area contributed by atoms with Gasteiger partial charge in [-0.1, -0.05) is 37.6 Å². The second kappa shape index (κ2) is 5.29. The monoisotopic (exact) mass is 292 g/mol. The second-order valence-electron chi connectivity index (χ2n) is 5.21. The van der Waals surface area contributed by atoms with Crippen molar-refractivity contribution in [1.82, 2.24) is 9.78 Å². The van der Waals surface area contributed by atoms with Crippen LogP contribution >= 0.6 is 11.6 Å². The molecule has 0 aliphatic heterocycles. The molecule has 1 heterocycles. The molecule has 0 aliphatic rings. The van der Waals surface area contributed by atoms with Gasteiger partial charge >= 0.3 is 5.97 Å². The van der Waals surface area contributed by atoms with Gasteiger partial charge in [-0.05, 0) is 37.0 Å². The first kappa shape index (κ1) is 14.6. The smallest absolute Gasteiger partial charge is 0.358 e. The molecule has 1 aromatic carbocycles. The van der Waals surface area contributed by atoms with Crippen molar-refractivity contribution in [3.63, 3.8) is 0 Å². The number of carboxylic acids is 1. The van der Waals surface area contributed by atoms with Gasteiger partial charge in [0.05, 0.1) is 16.4 Å². The quantitative estimate of drug-likeness (QED) is 0.931. The van der Waals surface area contributed by atoms with Crippen LogP contribution in [0.25, 0.3) is 5.69 Å². The van der Waals surface area contributed by atoms with Crippen LogP contribution in [-0.4, -0.2) is 20.9 Å². The molecule has 106 valence electrons. The normalized spacial score (nSPS) is 11.1. The number of rotatable bonds is 3. The highest BCUT2D eigenvalue weighted by Crippen LogP contribution is 2.31. The first-order chi connectivity index (χ1) is 9.32. The van der Waals surface area contributed by atoms with E-state index in [0.717, 1.165) is 22.5 Å². The van der Waals surface area contributed by atoms with E-state index in [1.807, 2.05) is 45.9 Å². The van der Waals surface area contributed by atoms with Gasteiger partial charge in [0.15, 0.2) is 5.69 Å². The predicted octanol–water partition coefficient (Wildman–Crippen LogP) is 3.96. The number of aromatic nitrogens is 2. The summed E-state index contributed by atoms with van der Waals surface area (Å²) >= 11 is 6.20. The maximum Gasteiger partial charge on any atom is 0.358 e. The Hall–Kier alpha value is -1.81. The molecule has 2 rings (SSSR count). The topological polar surface area (TPSA) is 55.1 Å². The SMILES string of the molecule is Cc1ccc(C)c(-n2nc(C(=O)O)c(Cl)c2C(C)C)c1. The standard InChI is InChI=1S/C15H17ClN2O2/c1-8(2)14-12(16)13(15(19)20)17-18(14)11-7-9(3)5-6-10(11)4/h5-8H,1-4H3,(H,19,20). The Bertz CT molecular complexity index is 675. The van der Waals surface area contributed by atoms with E-state index in [1.54, 1.807) is 4.68 Å². The van der Waals surface area contributed by atoms with E-state index in [4.69, 9.17) is 11.6 Å². The molecular formula is C15H17ClN2O2. The first-order valence-electron chi connectivity index (χ1n) is 6.42. The minimum Gasteiger partial charge on any atom is -0.476 e. The van der Waals surface area contributed by atoms with Gasteiger partial charge in [-0.15, -0.1) is 0 Å². The third-order valence-corrected chi connectivity index (χ3v) is 3.58. The molecule has 2 aromatic rings. The van der Waals surface area contributed by atoms with E-state index >= 15 is 0 Å². The maximum atomic E-state index is 11.2. The van der Waals surface area contributed by atoms with Crippen molar-refractivity contribution in [1.29, 1.82) is 0 Å². The Balaban J connectivity index is 2.76. The van der Waals surface area contributed by atoms with Gasteiger partial charge in [0.1, 0.15) is 0 Å². The van der Waals surface area contributed by atoms with Crippen LogP contribution in [0.4, 0.5) is 0 Å². The molecule has 0 saturated carbocycles. The summed E-state index contributed by atoms with van der Waals surface area (Å²) in [5, 5.41) is 13.6. The number of nitrogens with zero attached hydrogens (tertiary/aromatic N) is 2. The molecule has 0 saturated heterocycles. The van der Waals surface area contributed by atoms with E-state index in [1.165, 1.54) is 0 Å². The largest absolute Gasteiger partial charge is 0.476 e. The molecule has 0 unspecified atom stereocenters. The zero-order valence-corrected chi connectivity index (χ0v) is 12.7. The summed E-state index contributed by atoms with van der Waals surface area (Å²) in [4.78, 5) is 11.2. The van der Waals surface area contributed by atoms with Crippen LogP contribution in [0.2, 0.25) is 5.02 Å². The fourth-order valence-corrected chi connectivity index (χ4v) is 2.59. The number of carboxylic acid groups (broad SMARTS) is 1. The van der Waals surface area contributed by atoms with Gasteiger partial charge in [-0.2, -0.15) is 5.10 Å². The molecule has 20 heavy (non-hydrogen) atoms. The lowest BCUT2D eigenvalue weighted by Crippen LogP contribution is -2.06. The number of halogens is 1. The molecule has 0 fully saturated rings. The predicted molar refractivity (Wildman–Crippen MR) is 79.1 cm³/mol. The van der Waals surface area contributed by atoms with Gasteiger partial charge in [-0.25, -0.2) is 9.48 Å². The fourth-order valence-electron chi connectivity index (χ4n) is 2.18. The second-order valence-corrected chi connectivity index (χ2v) is 5.59. The summed E-state index contributed by atoms with van der Waals surface area (Å²) in [6.07, 6.45) is 0. The molecule has 0 radical (unpaired) electrons. The average molecular weight is 293 g/mol. The molecule has 0 amide bonds. The zero-order chi connectivity index (χ0) is 15.0. The first-order valence-corrected chi connectivity index (χ1v) is 6.80. The van der Waals surface area contributed by atoms with Crippen LogP contribution < -0.4 is 0 Å². The molecular weight excluding hydrogens is 276 g/mol. The number of aromatic carboxylic acids is 1. The lowest BCUT2D eigenvalue weighted by atomic mass is 10.1. The maximum absolute atomic E-state index is 11.2. The van der Waals surface area contributed by atoms with Crippen molar-refractivity contribution >= 4 is 17.6 Å². The van der Waals surface area contributed by atoms with Gasteiger partial charge in [0.2, 0.25) is 0 Å². The van der Waals surface area contributed by atoms with Gasteiger partial charge in [-0.3, -0.25) is 0 Å². The molecule has 1 N–H and O–H groups in total. The summed E-state index contributed by atoms with van der Waals surface area (Å²) < 4.78 is 1.65. The summed E-state index contributed by atoms with van der Waals surface area (Å²) in [5.74, 6) is -1.04. The van der Waals surface area contributed by atoms with Crippen LogP contribution in [0.3, 0.4) is 0 Å². The van der Waals surface area contributed by atoms with Crippen LogP contribution in [0, 0.1) is 13.8 Å². The van der Waals surface area contributed by atoms with Crippen molar-refractivity contribution in [2.24, 2.45) is 0 Å². The lowest BCUT2D eigenvalue weighted by molar-refractivity contribution is 0.0690. The van der Waals surface area contributed by atoms with E-state index in [9.17, 15) is 9.90 Å². The zero-order valence-electron chi connectivity index (χ0n) is 11.9. The summed E-state index contributed by atoms with van der Waals surface area (Å²) in [6.45, 7) is 7.89. The lowest BCUT2D eigenvalue weighted by Gasteiger charge is -2.13. The van der Waals surface area contributed by atoms with Crippen molar-refractivity contribution < 1.29 is 9.90 Å². The minimum atomic E-state index is -1.11. The summed E-state index contributed by atoms with van der Waals surface area (Å²) in [7, 11) is 0. The molecule has 0 atom stereocenters. The highest BCUT2D eigenvalue weighted by molar-refractivity contribution is 6.34. The Labute approximate surface area is 123 Å². The van der Waals surface area contributed by atoms with Crippen molar-refractivity contribution in [3.05, 3.63) is 45.7 Å². The van der Waals surface area contributed by atoms with E-state index in [-0.39, 0.29) is 16.6 Å². The Morgan fingerprint density at radius 3 is 2.55 bits per heavy atom. The van der Waals surface area contributed by atoms with Crippen LogP contribution in [0.15, 0.2) is 18.2 Å². The highest BCUT2D eigenvalue weighted by atomic mass is 35.5. The number of hydrogen-bond donors (Lipinski definition) is 1. The third kappa shape index (κ3) is 2.43. The van der Waals surface area contributed by atoms with Crippen molar-refractivity contribution in [3.8, 4) is 5.69 Å². The van der Waals surface area contributed by atoms with Gasteiger partial charge < -0.3 is 5.11 Å². The Kier molecular flexibility index (Phi) is 3.86. The van der Waals surface area contributed by atoms with Crippen molar-refractivity contribution in [2.75, 3.05) is 0 Å². The Morgan fingerprint density at radius 2 is 2.00 bits per heavy atom. The number of hydrogen-bond acceptors (Lipinski definition) is 2. The molecule has 0 bridgehead atoms. The number of benzene rings is 1. The molecule has 5 heteroatoms. The highest BCUT2D eigenvalue weighted by Gasteiger charge is 2.24. The molecule has 1 aromatic heterocycles. The van der Waals surface area contributed by atoms with E-state index < -0.39 is 5.97 Å². The molecule has 0 spiro atoms. The van der Waals surface area contributed by atoms with Crippen LogP contribution in [-0.2, 0) is 0 Å². The minimum absolute atomic E-state index is 0.0722. The molecule has 0 aliphatic carbocycles. The van der Waals surface area contributed by atoms with Crippen LogP contribution in [0.1, 0.15) is 47.1 Å². The number of carbonyl (C=O) groups is 1. The Morgan fingerprint density at radius 1 is 1.35 bits per heavy atom. The van der Waals surface area contributed by atoms with E-state index in [0.29, 0.717) is 0 Å². The van der Waals surface area contributed by atoms with Crippen molar-refractivity contribution in [2.45, 2.75) is 33.6 Å². The van der Waals surface area contributed by atoms with E-state index in [2.05, 4.69) is 5.10 Å².